The SMILES string of the molecule is Cc1cc(=O)n(C2CCCC2)c2nc(Nc3ccc(N4CCC(C5=NS(=O)NN5)CC4)cc3)ncc12. The number of hydrogen-bond donors (Lipinski definition) is 3. The van der Waals surface area contributed by atoms with E-state index in [1.54, 1.807) is 6.07 Å². The molecule has 3 aliphatic rings. The van der Waals surface area contributed by atoms with Gasteiger partial charge in [0.2, 0.25) is 17.1 Å². The van der Waals surface area contributed by atoms with Crippen molar-refractivity contribution in [2.24, 2.45) is 10.3 Å². The van der Waals surface area contributed by atoms with Crippen molar-refractivity contribution >= 4 is 45.4 Å². The molecule has 1 aliphatic carbocycles. The molecule has 1 unspecified atom stereocenters. The minimum Gasteiger partial charge on any atom is -0.371 e. The molecule has 188 valence electrons. The van der Waals surface area contributed by atoms with Crippen molar-refractivity contribution in [3.63, 3.8) is 0 Å². The fraction of sp³-hybridized carbons (Fsp3) is 0.440. The first kappa shape index (κ1) is 23.1. The first-order chi connectivity index (χ1) is 17.5. The van der Waals surface area contributed by atoms with E-state index in [2.05, 4.69) is 42.0 Å². The zero-order valence-electron chi connectivity index (χ0n) is 20.2. The maximum absolute atomic E-state index is 12.9. The molecule has 1 saturated heterocycles. The van der Waals surface area contributed by atoms with Crippen LogP contribution in [0, 0.1) is 12.8 Å². The third-order valence-corrected chi connectivity index (χ3v) is 8.15. The highest BCUT2D eigenvalue weighted by Crippen LogP contribution is 2.31. The topological polar surface area (TPSA) is 117 Å². The van der Waals surface area contributed by atoms with Crippen LogP contribution in [0.5, 0.6) is 0 Å². The standard InChI is InChI=1S/C25H30N8O2S/c1-16-14-22(34)33(20-4-2-3-5-20)24-21(16)15-26-25(28-24)27-18-6-8-19(9-7-18)32-12-10-17(11-13-32)23-29-31-36(35)30-23/h6-9,14-15,17,20,31H,2-5,10-13H2,1H3,(H,29,30)(H,26,27,28). The van der Waals surface area contributed by atoms with E-state index >= 15 is 0 Å². The maximum Gasteiger partial charge on any atom is 0.252 e. The molecule has 0 radical (unpaired) electrons. The molecule has 1 atom stereocenters. The van der Waals surface area contributed by atoms with E-state index in [9.17, 15) is 9.00 Å². The highest BCUT2D eigenvalue weighted by molar-refractivity contribution is 7.82. The van der Waals surface area contributed by atoms with E-state index in [1.165, 1.54) is 0 Å². The van der Waals surface area contributed by atoms with Crippen LogP contribution in [-0.4, -0.2) is 37.7 Å². The molecule has 3 aromatic rings. The summed E-state index contributed by atoms with van der Waals surface area (Å²) in [5.74, 6) is 1.59. The van der Waals surface area contributed by atoms with Gasteiger partial charge in [0.1, 0.15) is 11.5 Å². The van der Waals surface area contributed by atoms with Crippen LogP contribution in [0.3, 0.4) is 0 Å². The van der Waals surface area contributed by atoms with Crippen LogP contribution in [0.25, 0.3) is 11.0 Å². The van der Waals surface area contributed by atoms with Crippen LogP contribution in [0.1, 0.15) is 50.1 Å². The molecular formula is C25H30N8O2S. The van der Waals surface area contributed by atoms with E-state index in [-0.39, 0.29) is 11.6 Å². The molecule has 0 spiro atoms. The zero-order chi connectivity index (χ0) is 24.6. The molecule has 4 heterocycles. The number of hydrazine groups is 1. The molecule has 2 aliphatic heterocycles. The van der Waals surface area contributed by atoms with Gasteiger partial charge in [0.25, 0.3) is 5.56 Å². The van der Waals surface area contributed by atoms with E-state index in [4.69, 9.17) is 4.98 Å². The van der Waals surface area contributed by atoms with Crippen molar-refractivity contribution in [2.45, 2.75) is 51.5 Å². The number of anilines is 3. The monoisotopic (exact) mass is 506 g/mol. The summed E-state index contributed by atoms with van der Waals surface area (Å²) in [4.78, 5) is 27.2. The quantitative estimate of drug-likeness (QED) is 0.486. The lowest BCUT2D eigenvalue weighted by Gasteiger charge is -2.33. The Morgan fingerprint density at radius 2 is 1.83 bits per heavy atom. The maximum atomic E-state index is 12.9. The van der Waals surface area contributed by atoms with Gasteiger partial charge in [-0.3, -0.25) is 14.8 Å². The Kier molecular flexibility index (Phi) is 6.18. The normalized spacial score (nSPS) is 21.1. The van der Waals surface area contributed by atoms with Crippen LogP contribution in [0.2, 0.25) is 0 Å². The Morgan fingerprint density at radius 1 is 1.08 bits per heavy atom. The lowest BCUT2D eigenvalue weighted by atomic mass is 9.95. The molecule has 1 saturated carbocycles. The first-order valence-corrected chi connectivity index (χ1v) is 13.7. The predicted molar refractivity (Wildman–Crippen MR) is 143 cm³/mol. The number of rotatable bonds is 5. The number of fused-ring (bicyclic) bond motifs is 1. The summed E-state index contributed by atoms with van der Waals surface area (Å²) in [5, 5.41) is 4.24. The number of aromatic nitrogens is 3. The summed E-state index contributed by atoms with van der Waals surface area (Å²) in [6.45, 7) is 3.77. The van der Waals surface area contributed by atoms with Crippen LogP contribution < -0.4 is 26.0 Å². The van der Waals surface area contributed by atoms with Gasteiger partial charge in [-0.05, 0) is 62.4 Å². The average Bonchev–Trinajstić information content (AvgIpc) is 3.57. The number of aryl methyl sites for hydroxylation is 1. The van der Waals surface area contributed by atoms with Gasteiger partial charge in [-0.15, -0.1) is 4.83 Å². The van der Waals surface area contributed by atoms with Crippen molar-refractivity contribution < 1.29 is 4.21 Å². The first-order valence-electron chi connectivity index (χ1n) is 12.6. The van der Waals surface area contributed by atoms with Crippen molar-refractivity contribution in [3.05, 3.63) is 52.4 Å². The van der Waals surface area contributed by atoms with Gasteiger partial charge in [-0.1, -0.05) is 12.8 Å². The Morgan fingerprint density at radius 3 is 2.53 bits per heavy atom. The van der Waals surface area contributed by atoms with Gasteiger partial charge in [-0.25, -0.2) is 9.19 Å². The van der Waals surface area contributed by atoms with Gasteiger partial charge in [0, 0.05) is 54.1 Å². The number of nitrogens with zero attached hydrogens (tertiary/aromatic N) is 5. The predicted octanol–water partition coefficient (Wildman–Crippen LogP) is 3.26. The number of amidine groups is 1. The molecule has 2 fully saturated rings. The van der Waals surface area contributed by atoms with Crippen molar-refractivity contribution in [2.75, 3.05) is 23.3 Å². The molecule has 36 heavy (non-hydrogen) atoms. The lowest BCUT2D eigenvalue weighted by molar-refractivity contribution is 0.493. The summed E-state index contributed by atoms with van der Waals surface area (Å²) < 4.78 is 17.4. The number of piperidine rings is 1. The summed E-state index contributed by atoms with van der Waals surface area (Å²) >= 11 is -1.35. The molecule has 3 N–H and O–H groups in total. The van der Waals surface area contributed by atoms with Crippen molar-refractivity contribution in [1.29, 1.82) is 0 Å². The molecule has 2 aromatic heterocycles. The summed E-state index contributed by atoms with van der Waals surface area (Å²) in [6.07, 6.45) is 8.07. The molecule has 0 amide bonds. The van der Waals surface area contributed by atoms with Crippen LogP contribution in [0.4, 0.5) is 17.3 Å². The fourth-order valence-corrected chi connectivity index (χ4v) is 6.16. The van der Waals surface area contributed by atoms with Crippen LogP contribution in [-0.2, 0) is 11.2 Å². The molecular weight excluding hydrogens is 476 g/mol. The highest BCUT2D eigenvalue weighted by atomic mass is 32.2. The Hall–Kier alpha value is -3.31. The Balaban J connectivity index is 1.17. The number of pyridine rings is 1. The zero-order valence-corrected chi connectivity index (χ0v) is 21.1. The van der Waals surface area contributed by atoms with E-state index in [0.717, 1.165) is 79.8 Å². The number of nitrogens with one attached hydrogen (secondary N) is 3. The summed E-state index contributed by atoms with van der Waals surface area (Å²) in [6, 6.07) is 10.2. The second kappa shape index (κ2) is 9.62. The number of hydrogen-bond acceptors (Lipinski definition) is 7. The van der Waals surface area contributed by atoms with Crippen LogP contribution in [0.15, 0.2) is 45.7 Å². The third kappa shape index (κ3) is 4.48. The Labute approximate surface area is 211 Å². The molecule has 0 bridgehead atoms. The van der Waals surface area contributed by atoms with Gasteiger partial charge in [0.05, 0.1) is 0 Å². The summed E-state index contributed by atoms with van der Waals surface area (Å²) in [5.41, 5.74) is 6.63. The van der Waals surface area contributed by atoms with Crippen molar-refractivity contribution in [1.82, 2.24) is 24.8 Å². The van der Waals surface area contributed by atoms with E-state index < -0.39 is 11.2 Å². The third-order valence-electron chi connectivity index (χ3n) is 7.51. The highest BCUT2D eigenvalue weighted by Gasteiger charge is 2.27. The van der Waals surface area contributed by atoms with E-state index in [0.29, 0.717) is 17.5 Å². The minimum atomic E-state index is -1.35. The molecule has 10 nitrogen and oxygen atoms in total. The van der Waals surface area contributed by atoms with Gasteiger partial charge >= 0.3 is 0 Å². The second-order valence-electron chi connectivity index (χ2n) is 9.79. The smallest absolute Gasteiger partial charge is 0.252 e. The van der Waals surface area contributed by atoms with Gasteiger partial charge in [-0.2, -0.15) is 9.38 Å². The summed E-state index contributed by atoms with van der Waals surface area (Å²) in [7, 11) is 0. The largest absolute Gasteiger partial charge is 0.371 e. The lowest BCUT2D eigenvalue weighted by Crippen LogP contribution is -2.41. The van der Waals surface area contributed by atoms with Gasteiger partial charge < -0.3 is 10.2 Å². The molecule has 6 rings (SSSR count). The molecule has 11 heteroatoms. The molecule has 1 aromatic carbocycles. The Bertz CT molecular complexity index is 1390. The van der Waals surface area contributed by atoms with E-state index in [1.807, 2.05) is 29.8 Å². The van der Waals surface area contributed by atoms with Crippen molar-refractivity contribution in [3.8, 4) is 0 Å². The van der Waals surface area contributed by atoms with Crippen LogP contribution >= 0.6 is 0 Å². The average molecular weight is 507 g/mol. The fourth-order valence-electron chi connectivity index (χ4n) is 5.55. The second-order valence-corrected chi connectivity index (χ2v) is 10.7. The minimum absolute atomic E-state index is 0.0185. The van der Waals surface area contributed by atoms with Gasteiger partial charge in [0.15, 0.2) is 0 Å². The number of benzene rings is 1.